The molecule has 0 fully saturated rings. The standard InChI is InChI=1S/C16H19N3O4/c1-10(2)19-7-6-12(18-19)9-15(20)17-11-4-5-13(16(21)22)14(8-11)23-3/h4-8,10H,9H2,1-3H3,(H,17,20)(H,21,22). The van der Waals surface area contributed by atoms with Crippen molar-refractivity contribution in [3.8, 4) is 5.75 Å². The van der Waals surface area contributed by atoms with Crippen LogP contribution in [0.25, 0.3) is 0 Å². The molecular weight excluding hydrogens is 298 g/mol. The van der Waals surface area contributed by atoms with E-state index in [9.17, 15) is 9.59 Å². The molecule has 23 heavy (non-hydrogen) atoms. The lowest BCUT2D eigenvalue weighted by Gasteiger charge is -2.09. The number of benzene rings is 1. The van der Waals surface area contributed by atoms with Gasteiger partial charge in [-0.15, -0.1) is 0 Å². The van der Waals surface area contributed by atoms with Gasteiger partial charge >= 0.3 is 5.97 Å². The van der Waals surface area contributed by atoms with E-state index in [2.05, 4.69) is 10.4 Å². The van der Waals surface area contributed by atoms with Crippen LogP contribution >= 0.6 is 0 Å². The fourth-order valence-corrected chi connectivity index (χ4v) is 2.07. The molecule has 2 N–H and O–H groups in total. The molecular formula is C16H19N3O4. The second-order valence-electron chi connectivity index (χ2n) is 5.33. The van der Waals surface area contributed by atoms with Crippen LogP contribution in [0, 0.1) is 0 Å². The molecule has 7 heteroatoms. The number of nitrogens with one attached hydrogen (secondary N) is 1. The molecule has 0 saturated carbocycles. The van der Waals surface area contributed by atoms with Gasteiger partial charge in [-0.2, -0.15) is 5.10 Å². The van der Waals surface area contributed by atoms with Gasteiger partial charge in [0.1, 0.15) is 11.3 Å². The summed E-state index contributed by atoms with van der Waals surface area (Å²) in [5.74, 6) is -1.12. The molecule has 2 rings (SSSR count). The number of amides is 1. The van der Waals surface area contributed by atoms with E-state index in [1.54, 1.807) is 10.7 Å². The van der Waals surface area contributed by atoms with Crippen LogP contribution in [0.2, 0.25) is 0 Å². The Hall–Kier alpha value is -2.83. The van der Waals surface area contributed by atoms with E-state index in [-0.39, 0.29) is 29.7 Å². The van der Waals surface area contributed by atoms with Crippen molar-refractivity contribution in [1.82, 2.24) is 9.78 Å². The minimum atomic E-state index is -1.08. The minimum Gasteiger partial charge on any atom is -0.496 e. The predicted molar refractivity (Wildman–Crippen MR) is 84.9 cm³/mol. The first kappa shape index (κ1) is 16.5. The van der Waals surface area contributed by atoms with E-state index in [4.69, 9.17) is 9.84 Å². The van der Waals surface area contributed by atoms with Crippen LogP contribution in [-0.2, 0) is 11.2 Å². The number of hydrogen-bond donors (Lipinski definition) is 2. The highest BCUT2D eigenvalue weighted by Gasteiger charge is 2.13. The molecule has 0 spiro atoms. The maximum atomic E-state index is 12.1. The topological polar surface area (TPSA) is 93.5 Å². The van der Waals surface area contributed by atoms with Crippen molar-refractivity contribution >= 4 is 17.6 Å². The van der Waals surface area contributed by atoms with Crippen molar-refractivity contribution in [2.45, 2.75) is 26.3 Å². The average molecular weight is 317 g/mol. The van der Waals surface area contributed by atoms with Crippen LogP contribution in [0.3, 0.4) is 0 Å². The number of methoxy groups -OCH3 is 1. The van der Waals surface area contributed by atoms with Crippen LogP contribution in [-0.4, -0.2) is 33.9 Å². The predicted octanol–water partition coefficient (Wildman–Crippen LogP) is 2.35. The zero-order valence-corrected chi connectivity index (χ0v) is 13.2. The average Bonchev–Trinajstić information content (AvgIpc) is 2.95. The zero-order valence-electron chi connectivity index (χ0n) is 13.2. The van der Waals surface area contributed by atoms with Crippen LogP contribution < -0.4 is 10.1 Å². The second-order valence-corrected chi connectivity index (χ2v) is 5.33. The smallest absolute Gasteiger partial charge is 0.339 e. The summed E-state index contributed by atoms with van der Waals surface area (Å²) >= 11 is 0. The first-order valence-electron chi connectivity index (χ1n) is 7.16. The van der Waals surface area contributed by atoms with E-state index in [1.807, 2.05) is 20.0 Å². The molecule has 1 aromatic carbocycles. The third-order valence-corrected chi connectivity index (χ3v) is 3.25. The minimum absolute atomic E-state index is 0.0428. The molecule has 0 atom stereocenters. The largest absolute Gasteiger partial charge is 0.496 e. The summed E-state index contributed by atoms with van der Waals surface area (Å²) in [5.41, 5.74) is 1.19. The number of aromatic nitrogens is 2. The van der Waals surface area contributed by atoms with Gasteiger partial charge in [-0.25, -0.2) is 4.79 Å². The Morgan fingerprint density at radius 1 is 1.35 bits per heavy atom. The Kier molecular flexibility index (Phi) is 5.00. The van der Waals surface area contributed by atoms with E-state index in [0.29, 0.717) is 11.4 Å². The molecule has 1 amide bonds. The van der Waals surface area contributed by atoms with Gasteiger partial charge in [-0.1, -0.05) is 0 Å². The number of carboxylic acid groups (broad SMARTS) is 1. The Morgan fingerprint density at radius 2 is 2.09 bits per heavy atom. The molecule has 0 aliphatic heterocycles. The third kappa shape index (κ3) is 4.09. The molecule has 122 valence electrons. The number of carbonyl (C=O) groups is 2. The van der Waals surface area contributed by atoms with E-state index in [0.717, 1.165) is 0 Å². The molecule has 0 aliphatic rings. The van der Waals surface area contributed by atoms with Gasteiger partial charge in [0.15, 0.2) is 0 Å². The van der Waals surface area contributed by atoms with Gasteiger partial charge in [0.25, 0.3) is 0 Å². The van der Waals surface area contributed by atoms with Gasteiger partial charge in [0, 0.05) is 24.0 Å². The summed E-state index contributed by atoms with van der Waals surface area (Å²) in [6, 6.07) is 6.43. The van der Waals surface area contributed by atoms with Crippen molar-refractivity contribution < 1.29 is 19.4 Å². The third-order valence-electron chi connectivity index (χ3n) is 3.25. The SMILES string of the molecule is COc1cc(NC(=O)Cc2ccn(C(C)C)n2)ccc1C(=O)O. The molecule has 7 nitrogen and oxygen atoms in total. The van der Waals surface area contributed by atoms with Gasteiger partial charge in [0.05, 0.1) is 19.2 Å². The van der Waals surface area contributed by atoms with Gasteiger partial charge in [-0.05, 0) is 32.0 Å². The Balaban J connectivity index is 2.06. The molecule has 0 bridgehead atoms. The summed E-state index contributed by atoms with van der Waals surface area (Å²) in [4.78, 5) is 23.1. The Labute approximate surface area is 133 Å². The van der Waals surface area contributed by atoms with Crippen LogP contribution in [0.4, 0.5) is 5.69 Å². The number of aromatic carboxylic acids is 1. The number of anilines is 1. The second kappa shape index (κ2) is 6.95. The lowest BCUT2D eigenvalue weighted by Crippen LogP contribution is -2.15. The highest BCUT2D eigenvalue weighted by molar-refractivity contribution is 5.95. The van der Waals surface area contributed by atoms with Crippen molar-refractivity contribution in [2.24, 2.45) is 0 Å². The number of carboxylic acids is 1. The number of hydrogen-bond acceptors (Lipinski definition) is 4. The quantitative estimate of drug-likeness (QED) is 0.853. The summed E-state index contributed by atoms with van der Waals surface area (Å²) in [6.07, 6.45) is 1.97. The van der Waals surface area contributed by atoms with E-state index < -0.39 is 5.97 Å². The van der Waals surface area contributed by atoms with Crippen LogP contribution in [0.15, 0.2) is 30.5 Å². The zero-order chi connectivity index (χ0) is 17.0. The fourth-order valence-electron chi connectivity index (χ4n) is 2.07. The first-order chi connectivity index (χ1) is 10.9. The van der Waals surface area contributed by atoms with Crippen molar-refractivity contribution in [2.75, 3.05) is 12.4 Å². The number of rotatable bonds is 6. The molecule has 0 radical (unpaired) electrons. The monoisotopic (exact) mass is 317 g/mol. The highest BCUT2D eigenvalue weighted by Crippen LogP contribution is 2.23. The Morgan fingerprint density at radius 3 is 2.65 bits per heavy atom. The summed E-state index contributed by atoms with van der Waals surface area (Å²) in [6.45, 7) is 4.01. The van der Waals surface area contributed by atoms with Gasteiger partial charge < -0.3 is 15.2 Å². The molecule has 0 aliphatic carbocycles. The van der Waals surface area contributed by atoms with E-state index in [1.165, 1.54) is 25.3 Å². The summed E-state index contributed by atoms with van der Waals surface area (Å²) in [7, 11) is 1.38. The van der Waals surface area contributed by atoms with Gasteiger partial charge in [-0.3, -0.25) is 9.48 Å². The lowest BCUT2D eigenvalue weighted by molar-refractivity contribution is -0.115. The van der Waals surface area contributed by atoms with Crippen molar-refractivity contribution in [3.63, 3.8) is 0 Å². The summed E-state index contributed by atoms with van der Waals surface area (Å²) in [5, 5.41) is 16.1. The molecule has 1 heterocycles. The van der Waals surface area contributed by atoms with Crippen molar-refractivity contribution in [3.05, 3.63) is 41.7 Å². The fraction of sp³-hybridized carbons (Fsp3) is 0.312. The Bertz CT molecular complexity index is 722. The number of nitrogens with zero attached hydrogens (tertiary/aromatic N) is 2. The van der Waals surface area contributed by atoms with Crippen LogP contribution in [0.1, 0.15) is 35.9 Å². The molecule has 0 unspecified atom stereocenters. The number of carbonyl (C=O) groups excluding carboxylic acids is 1. The first-order valence-corrected chi connectivity index (χ1v) is 7.16. The van der Waals surface area contributed by atoms with E-state index >= 15 is 0 Å². The maximum absolute atomic E-state index is 12.1. The normalized spacial score (nSPS) is 10.6. The number of ether oxygens (including phenoxy) is 1. The molecule has 2 aromatic rings. The van der Waals surface area contributed by atoms with Crippen LogP contribution in [0.5, 0.6) is 5.75 Å². The molecule has 1 aromatic heterocycles. The molecule has 0 saturated heterocycles. The summed E-state index contributed by atoms with van der Waals surface area (Å²) < 4.78 is 6.81. The maximum Gasteiger partial charge on any atom is 0.339 e. The van der Waals surface area contributed by atoms with Gasteiger partial charge in [0.2, 0.25) is 5.91 Å². The lowest BCUT2D eigenvalue weighted by atomic mass is 10.1. The van der Waals surface area contributed by atoms with Crippen molar-refractivity contribution in [1.29, 1.82) is 0 Å². The highest BCUT2D eigenvalue weighted by atomic mass is 16.5.